The quantitative estimate of drug-likeness (QED) is 0.734. The molecule has 0 aliphatic carbocycles. The van der Waals surface area contributed by atoms with Gasteiger partial charge in [-0.05, 0) is 6.42 Å². The van der Waals surface area contributed by atoms with Gasteiger partial charge in [0.25, 0.3) is 5.91 Å². The number of amides is 3. The van der Waals surface area contributed by atoms with E-state index in [2.05, 4.69) is 15.6 Å². The van der Waals surface area contributed by atoms with Gasteiger partial charge in [0.15, 0.2) is 0 Å². The fraction of sp³-hybridized carbons (Fsp3) is 0.615. The highest BCUT2D eigenvalue weighted by atomic mass is 16.2. The highest BCUT2D eigenvalue weighted by Crippen LogP contribution is 2.19. The van der Waals surface area contributed by atoms with Gasteiger partial charge in [0.2, 0.25) is 5.95 Å². The standard InChI is InChI=1S/C13H18N6O2/c20-11(10-8-18-3-1-2-14-12(18)16-10)17-4-5-19-9(7-17)6-15-13(19)21/h8-9H,1-7H2,(H,14,16)(H,15,21). The molecule has 3 aliphatic heterocycles. The van der Waals surface area contributed by atoms with Crippen LogP contribution >= 0.6 is 0 Å². The number of aromatic nitrogens is 2. The molecule has 0 radical (unpaired) electrons. The molecule has 0 bridgehead atoms. The number of hydrogen-bond acceptors (Lipinski definition) is 4. The van der Waals surface area contributed by atoms with Crippen molar-refractivity contribution in [2.24, 2.45) is 0 Å². The van der Waals surface area contributed by atoms with E-state index in [1.165, 1.54) is 0 Å². The van der Waals surface area contributed by atoms with E-state index in [9.17, 15) is 9.59 Å². The van der Waals surface area contributed by atoms with Gasteiger partial charge in [0.1, 0.15) is 5.69 Å². The third kappa shape index (κ3) is 2.01. The van der Waals surface area contributed by atoms with Crippen LogP contribution in [-0.4, -0.2) is 70.1 Å². The monoisotopic (exact) mass is 290 g/mol. The maximum Gasteiger partial charge on any atom is 0.317 e. The third-order valence-electron chi connectivity index (χ3n) is 4.37. The Labute approximate surface area is 122 Å². The lowest BCUT2D eigenvalue weighted by molar-refractivity contribution is 0.0612. The molecule has 1 aromatic rings. The fourth-order valence-electron chi connectivity index (χ4n) is 3.23. The summed E-state index contributed by atoms with van der Waals surface area (Å²) in [5.41, 5.74) is 0.491. The SMILES string of the molecule is O=C(c1cn2c(n1)NCCC2)N1CCN2C(=O)NCC2C1. The summed E-state index contributed by atoms with van der Waals surface area (Å²) in [5.74, 6) is 0.735. The van der Waals surface area contributed by atoms with Crippen molar-refractivity contribution in [3.63, 3.8) is 0 Å². The van der Waals surface area contributed by atoms with Gasteiger partial charge >= 0.3 is 6.03 Å². The average Bonchev–Trinajstić information content (AvgIpc) is 3.10. The molecule has 3 amide bonds. The van der Waals surface area contributed by atoms with Crippen molar-refractivity contribution in [1.29, 1.82) is 0 Å². The lowest BCUT2D eigenvalue weighted by Gasteiger charge is -2.36. The predicted molar refractivity (Wildman–Crippen MR) is 75.1 cm³/mol. The highest BCUT2D eigenvalue weighted by molar-refractivity contribution is 5.93. The molecule has 4 heterocycles. The van der Waals surface area contributed by atoms with Crippen molar-refractivity contribution in [3.8, 4) is 0 Å². The van der Waals surface area contributed by atoms with E-state index in [-0.39, 0.29) is 18.0 Å². The number of nitrogens with zero attached hydrogens (tertiary/aromatic N) is 4. The molecule has 2 fully saturated rings. The highest BCUT2D eigenvalue weighted by Gasteiger charge is 2.37. The molecule has 0 spiro atoms. The number of rotatable bonds is 1. The second kappa shape index (κ2) is 4.64. The molecule has 4 rings (SSSR count). The predicted octanol–water partition coefficient (Wildman–Crippen LogP) is -0.452. The first-order valence-electron chi connectivity index (χ1n) is 7.37. The Balaban J connectivity index is 1.50. The first-order chi connectivity index (χ1) is 10.2. The molecular weight excluding hydrogens is 272 g/mol. The molecule has 2 saturated heterocycles. The Morgan fingerprint density at radius 3 is 3.05 bits per heavy atom. The van der Waals surface area contributed by atoms with E-state index in [1.54, 1.807) is 4.90 Å². The van der Waals surface area contributed by atoms with Gasteiger partial charge in [-0.3, -0.25) is 4.79 Å². The molecule has 3 aliphatic rings. The van der Waals surface area contributed by atoms with Crippen molar-refractivity contribution >= 4 is 17.9 Å². The molecule has 1 atom stereocenters. The number of carbonyl (C=O) groups excluding carboxylic acids is 2. The Morgan fingerprint density at radius 2 is 2.19 bits per heavy atom. The van der Waals surface area contributed by atoms with E-state index in [1.807, 2.05) is 15.7 Å². The number of nitrogens with one attached hydrogen (secondary N) is 2. The molecule has 8 nitrogen and oxygen atoms in total. The Morgan fingerprint density at radius 1 is 1.29 bits per heavy atom. The van der Waals surface area contributed by atoms with Gasteiger partial charge in [0, 0.05) is 45.5 Å². The van der Waals surface area contributed by atoms with Crippen molar-refractivity contribution in [1.82, 2.24) is 24.7 Å². The van der Waals surface area contributed by atoms with E-state index in [4.69, 9.17) is 0 Å². The molecule has 21 heavy (non-hydrogen) atoms. The van der Waals surface area contributed by atoms with Crippen LogP contribution in [0.5, 0.6) is 0 Å². The van der Waals surface area contributed by atoms with Gasteiger partial charge in [0.05, 0.1) is 6.04 Å². The Kier molecular flexibility index (Phi) is 2.76. The van der Waals surface area contributed by atoms with Crippen molar-refractivity contribution in [3.05, 3.63) is 11.9 Å². The van der Waals surface area contributed by atoms with Gasteiger partial charge < -0.3 is 25.0 Å². The van der Waals surface area contributed by atoms with Crippen LogP contribution in [-0.2, 0) is 6.54 Å². The first-order valence-corrected chi connectivity index (χ1v) is 7.37. The second-order valence-electron chi connectivity index (χ2n) is 5.71. The number of urea groups is 1. The Bertz CT molecular complexity index is 574. The molecule has 112 valence electrons. The van der Waals surface area contributed by atoms with Crippen molar-refractivity contribution < 1.29 is 9.59 Å². The molecule has 8 heteroatoms. The van der Waals surface area contributed by atoms with Crippen LogP contribution in [0.1, 0.15) is 16.9 Å². The maximum atomic E-state index is 12.6. The molecule has 0 aromatic carbocycles. The maximum absolute atomic E-state index is 12.6. The van der Waals surface area contributed by atoms with Crippen molar-refractivity contribution in [2.75, 3.05) is 38.0 Å². The number of fused-ring (bicyclic) bond motifs is 2. The zero-order chi connectivity index (χ0) is 14.4. The summed E-state index contributed by atoms with van der Waals surface area (Å²) in [4.78, 5) is 32.2. The fourth-order valence-corrected chi connectivity index (χ4v) is 3.23. The molecule has 0 saturated carbocycles. The largest absolute Gasteiger partial charge is 0.356 e. The zero-order valence-corrected chi connectivity index (χ0v) is 11.7. The molecular formula is C13H18N6O2. The zero-order valence-electron chi connectivity index (χ0n) is 11.7. The minimum absolute atomic E-state index is 0.0197. The van der Waals surface area contributed by atoms with Gasteiger partial charge in [-0.25, -0.2) is 9.78 Å². The average molecular weight is 290 g/mol. The van der Waals surface area contributed by atoms with Crippen LogP contribution in [0.4, 0.5) is 10.7 Å². The molecule has 1 aromatic heterocycles. The Hall–Kier alpha value is -2.25. The van der Waals surface area contributed by atoms with E-state index in [0.717, 1.165) is 25.5 Å². The van der Waals surface area contributed by atoms with Crippen LogP contribution in [0.15, 0.2) is 6.20 Å². The van der Waals surface area contributed by atoms with Crippen LogP contribution in [0.2, 0.25) is 0 Å². The van der Waals surface area contributed by atoms with Crippen LogP contribution in [0.25, 0.3) is 0 Å². The van der Waals surface area contributed by atoms with Crippen molar-refractivity contribution in [2.45, 2.75) is 19.0 Å². The number of piperazine rings is 1. The minimum Gasteiger partial charge on any atom is -0.356 e. The smallest absolute Gasteiger partial charge is 0.317 e. The number of imidazole rings is 1. The first kappa shape index (κ1) is 12.5. The number of anilines is 1. The van der Waals surface area contributed by atoms with E-state index < -0.39 is 0 Å². The van der Waals surface area contributed by atoms with E-state index in [0.29, 0.717) is 31.9 Å². The summed E-state index contributed by atoms with van der Waals surface area (Å²) >= 11 is 0. The lowest BCUT2D eigenvalue weighted by Crippen LogP contribution is -2.53. The summed E-state index contributed by atoms with van der Waals surface area (Å²) in [6, 6.07) is 0.0688. The topological polar surface area (TPSA) is 82.5 Å². The van der Waals surface area contributed by atoms with Gasteiger partial charge in [-0.15, -0.1) is 0 Å². The molecule has 2 N–H and O–H groups in total. The number of hydrogen-bond donors (Lipinski definition) is 2. The van der Waals surface area contributed by atoms with Gasteiger partial charge in [-0.1, -0.05) is 0 Å². The van der Waals surface area contributed by atoms with Gasteiger partial charge in [-0.2, -0.15) is 0 Å². The van der Waals surface area contributed by atoms with Crippen LogP contribution in [0, 0.1) is 0 Å². The third-order valence-corrected chi connectivity index (χ3v) is 4.37. The van der Waals surface area contributed by atoms with E-state index >= 15 is 0 Å². The van der Waals surface area contributed by atoms with Crippen LogP contribution in [0.3, 0.4) is 0 Å². The molecule has 1 unspecified atom stereocenters. The summed E-state index contributed by atoms with van der Waals surface area (Å²) in [7, 11) is 0. The summed E-state index contributed by atoms with van der Waals surface area (Å²) in [6.45, 7) is 4.15. The van der Waals surface area contributed by atoms with Crippen LogP contribution < -0.4 is 10.6 Å². The normalized spacial score (nSPS) is 24.2. The second-order valence-corrected chi connectivity index (χ2v) is 5.71. The minimum atomic E-state index is -0.0438. The number of carbonyl (C=O) groups is 2. The summed E-state index contributed by atoms with van der Waals surface area (Å²) < 4.78 is 1.99. The number of aryl methyl sites for hydroxylation is 1. The lowest BCUT2D eigenvalue weighted by atomic mass is 10.2. The summed E-state index contributed by atoms with van der Waals surface area (Å²) in [6.07, 6.45) is 2.87. The summed E-state index contributed by atoms with van der Waals surface area (Å²) in [5, 5.41) is 6.02.